The number of Topliss-reactive ketones (excluding diaryl/α,β-unsaturated/α-hetero) is 2. The number of allylic oxidation sites excluding steroid dienone is 3. The van der Waals surface area contributed by atoms with E-state index in [9.17, 15) is 9.59 Å². The molecule has 3 aromatic rings. The highest BCUT2D eigenvalue weighted by atomic mass is 32.2. The van der Waals surface area contributed by atoms with Gasteiger partial charge in [0.2, 0.25) is 0 Å². The molecule has 0 unspecified atom stereocenters. The number of ketones is 2. The summed E-state index contributed by atoms with van der Waals surface area (Å²) in [4.78, 5) is 30.9. The summed E-state index contributed by atoms with van der Waals surface area (Å²) in [5.74, 6) is -0.0395. The Labute approximate surface area is 184 Å². The molecule has 0 spiro atoms. The van der Waals surface area contributed by atoms with Gasteiger partial charge in [0, 0.05) is 41.9 Å². The van der Waals surface area contributed by atoms with Crippen LogP contribution in [0, 0.1) is 0 Å². The lowest BCUT2D eigenvalue weighted by Gasteiger charge is -2.26. The molecule has 5 rings (SSSR count). The van der Waals surface area contributed by atoms with E-state index in [0.717, 1.165) is 26.0 Å². The molecule has 0 amide bonds. The number of fused-ring (bicyclic) bond motifs is 1. The lowest BCUT2D eigenvalue weighted by molar-refractivity contribution is 0.0971. The number of benzene rings is 3. The van der Waals surface area contributed by atoms with E-state index in [1.54, 1.807) is 17.8 Å². The first-order valence-corrected chi connectivity index (χ1v) is 11.5. The number of thioether (sulfide) groups is 1. The number of hydrogen-bond donors (Lipinski definition) is 0. The fourth-order valence-electron chi connectivity index (χ4n) is 3.85. The molecule has 30 heavy (non-hydrogen) atoms. The van der Waals surface area contributed by atoms with Gasteiger partial charge in [-0.25, -0.2) is 0 Å². The number of carbonyl (C=O) groups is 2. The third-order valence-electron chi connectivity index (χ3n) is 5.21. The van der Waals surface area contributed by atoms with Gasteiger partial charge in [0.15, 0.2) is 11.6 Å². The molecule has 2 aliphatic rings. The van der Waals surface area contributed by atoms with Crippen molar-refractivity contribution in [3.63, 3.8) is 0 Å². The SMILES string of the molecule is O=C1C2=C(C(=O)c3c(Sc4ccccc4)cccc31)C(Sc1ccccc1)=CCC2. The Bertz CT molecular complexity index is 1210. The average molecular weight is 427 g/mol. The molecule has 2 nitrogen and oxygen atoms in total. The van der Waals surface area contributed by atoms with Crippen molar-refractivity contribution in [1.29, 1.82) is 0 Å². The summed E-state index contributed by atoms with van der Waals surface area (Å²) in [5, 5.41) is 0. The molecule has 0 radical (unpaired) electrons. The lowest BCUT2D eigenvalue weighted by atomic mass is 9.80. The van der Waals surface area contributed by atoms with Crippen molar-refractivity contribution in [2.24, 2.45) is 0 Å². The monoisotopic (exact) mass is 426 g/mol. The Morgan fingerprint density at radius 2 is 1.33 bits per heavy atom. The zero-order chi connectivity index (χ0) is 20.5. The van der Waals surface area contributed by atoms with E-state index in [4.69, 9.17) is 0 Å². The highest BCUT2D eigenvalue weighted by Crippen LogP contribution is 2.45. The maximum Gasteiger partial charge on any atom is 0.196 e. The quantitative estimate of drug-likeness (QED) is 0.450. The first-order valence-electron chi connectivity index (χ1n) is 9.84. The van der Waals surface area contributed by atoms with Crippen molar-refractivity contribution in [2.75, 3.05) is 0 Å². The van der Waals surface area contributed by atoms with Crippen LogP contribution in [0.25, 0.3) is 0 Å². The van der Waals surface area contributed by atoms with Gasteiger partial charge in [0.25, 0.3) is 0 Å². The van der Waals surface area contributed by atoms with Gasteiger partial charge < -0.3 is 0 Å². The molecule has 0 fully saturated rings. The van der Waals surface area contributed by atoms with Gasteiger partial charge in [0.05, 0.1) is 0 Å². The molecule has 3 aromatic carbocycles. The second-order valence-corrected chi connectivity index (χ2v) is 9.36. The third-order valence-corrected chi connectivity index (χ3v) is 7.38. The number of hydrogen-bond acceptors (Lipinski definition) is 4. The Hall–Kier alpha value is -2.82. The van der Waals surface area contributed by atoms with E-state index in [2.05, 4.69) is 6.08 Å². The van der Waals surface area contributed by atoms with Gasteiger partial charge in [-0.2, -0.15) is 0 Å². The fraction of sp³-hybridized carbons (Fsp3) is 0.0769. The minimum absolute atomic E-state index is 0.00521. The molecule has 146 valence electrons. The van der Waals surface area contributed by atoms with E-state index >= 15 is 0 Å². The van der Waals surface area contributed by atoms with Crippen molar-refractivity contribution in [3.05, 3.63) is 112 Å². The van der Waals surface area contributed by atoms with Crippen LogP contribution in [0.4, 0.5) is 0 Å². The van der Waals surface area contributed by atoms with Crippen molar-refractivity contribution in [1.82, 2.24) is 0 Å². The summed E-state index contributed by atoms with van der Waals surface area (Å²) in [6, 6.07) is 25.5. The maximum atomic E-state index is 13.7. The van der Waals surface area contributed by atoms with E-state index in [0.29, 0.717) is 28.7 Å². The van der Waals surface area contributed by atoms with Crippen LogP contribution < -0.4 is 0 Å². The maximum absolute atomic E-state index is 13.7. The molecule has 0 aliphatic heterocycles. The van der Waals surface area contributed by atoms with E-state index in [1.807, 2.05) is 72.8 Å². The average Bonchev–Trinajstić information content (AvgIpc) is 2.79. The lowest BCUT2D eigenvalue weighted by Crippen LogP contribution is -2.25. The van der Waals surface area contributed by atoms with Crippen molar-refractivity contribution in [2.45, 2.75) is 27.5 Å². The Morgan fingerprint density at radius 1 is 0.667 bits per heavy atom. The van der Waals surface area contributed by atoms with Crippen LogP contribution in [0.1, 0.15) is 33.6 Å². The first kappa shape index (κ1) is 19.2. The first-order chi connectivity index (χ1) is 14.7. The molecule has 0 saturated heterocycles. The minimum Gasteiger partial charge on any atom is -0.289 e. The molecule has 0 N–H and O–H groups in total. The van der Waals surface area contributed by atoms with E-state index in [1.165, 1.54) is 11.8 Å². The fourth-order valence-corrected chi connectivity index (χ4v) is 5.92. The molecule has 0 atom stereocenters. The van der Waals surface area contributed by atoms with Crippen LogP contribution in [-0.4, -0.2) is 11.6 Å². The molecular weight excluding hydrogens is 408 g/mol. The Morgan fingerprint density at radius 3 is 2.03 bits per heavy atom. The summed E-state index contributed by atoms with van der Waals surface area (Å²) in [5.41, 5.74) is 2.33. The molecule has 0 aromatic heterocycles. The number of carbonyl (C=O) groups excluding carboxylic acids is 2. The summed E-state index contributed by atoms with van der Waals surface area (Å²) >= 11 is 3.09. The summed E-state index contributed by atoms with van der Waals surface area (Å²) in [6.45, 7) is 0. The Kier molecular flexibility index (Phi) is 5.19. The highest BCUT2D eigenvalue weighted by molar-refractivity contribution is 8.03. The summed E-state index contributed by atoms with van der Waals surface area (Å²) < 4.78 is 0. The van der Waals surface area contributed by atoms with Crippen LogP contribution in [0.15, 0.2) is 116 Å². The normalized spacial score (nSPS) is 15.5. The Balaban J connectivity index is 1.57. The third kappa shape index (κ3) is 3.47. The van der Waals surface area contributed by atoms with Gasteiger partial charge in [-0.15, -0.1) is 0 Å². The van der Waals surface area contributed by atoms with E-state index < -0.39 is 0 Å². The molecular formula is C26H18O2S2. The second kappa shape index (κ2) is 8.13. The van der Waals surface area contributed by atoms with Crippen LogP contribution in [0.3, 0.4) is 0 Å². The van der Waals surface area contributed by atoms with Gasteiger partial charge in [0.1, 0.15) is 0 Å². The predicted octanol–water partition coefficient (Wildman–Crippen LogP) is 6.98. The molecule has 0 bridgehead atoms. The van der Waals surface area contributed by atoms with E-state index in [-0.39, 0.29) is 11.6 Å². The van der Waals surface area contributed by atoms with Gasteiger partial charge in [-0.05, 0) is 43.2 Å². The van der Waals surface area contributed by atoms with Gasteiger partial charge in [-0.3, -0.25) is 9.59 Å². The van der Waals surface area contributed by atoms with Crippen LogP contribution in [0.5, 0.6) is 0 Å². The van der Waals surface area contributed by atoms with Crippen LogP contribution in [-0.2, 0) is 0 Å². The molecule has 0 saturated carbocycles. The van der Waals surface area contributed by atoms with Crippen molar-refractivity contribution in [3.8, 4) is 0 Å². The summed E-state index contributed by atoms with van der Waals surface area (Å²) in [7, 11) is 0. The van der Waals surface area contributed by atoms with Gasteiger partial charge >= 0.3 is 0 Å². The zero-order valence-corrected chi connectivity index (χ0v) is 17.8. The van der Waals surface area contributed by atoms with Crippen LogP contribution in [0.2, 0.25) is 0 Å². The van der Waals surface area contributed by atoms with Crippen molar-refractivity contribution < 1.29 is 9.59 Å². The standard InChI is InChI=1S/C26H18O2S2/c27-25-19-13-7-15-21(29-17-9-3-1-4-10-17)23(19)26(28)24-20(25)14-8-16-22(24)30-18-11-5-2-6-12-18/h1-7,9-13,15-16H,8,14H2. The smallest absolute Gasteiger partial charge is 0.196 e. The zero-order valence-electron chi connectivity index (χ0n) is 16.1. The van der Waals surface area contributed by atoms with Crippen LogP contribution >= 0.6 is 23.5 Å². The van der Waals surface area contributed by atoms with Crippen molar-refractivity contribution >= 4 is 35.1 Å². The summed E-state index contributed by atoms with van der Waals surface area (Å²) in [6.07, 6.45) is 3.49. The minimum atomic E-state index is -0.0342. The predicted molar refractivity (Wildman–Crippen MR) is 122 cm³/mol. The van der Waals surface area contributed by atoms with Gasteiger partial charge in [-0.1, -0.05) is 78.1 Å². The molecule has 2 aliphatic carbocycles. The molecule has 0 heterocycles. The second-order valence-electron chi connectivity index (χ2n) is 7.13. The highest BCUT2D eigenvalue weighted by Gasteiger charge is 2.36. The topological polar surface area (TPSA) is 34.1 Å². The largest absolute Gasteiger partial charge is 0.289 e. The molecule has 4 heteroatoms. The number of rotatable bonds is 4.